The van der Waals surface area contributed by atoms with Gasteiger partial charge in [0.2, 0.25) is 11.8 Å². The van der Waals surface area contributed by atoms with Crippen LogP contribution in [0.1, 0.15) is 11.3 Å². The van der Waals surface area contributed by atoms with Crippen LogP contribution >= 0.6 is 23.2 Å². The highest BCUT2D eigenvalue weighted by atomic mass is 35.5. The molecule has 4 heterocycles. The maximum atomic E-state index is 13.2. The predicted octanol–water partition coefficient (Wildman–Crippen LogP) is 2.89. The second kappa shape index (κ2) is 6.58. The van der Waals surface area contributed by atoms with Gasteiger partial charge in [-0.05, 0) is 24.6 Å². The number of hydrogen-bond donors (Lipinski definition) is 1. The van der Waals surface area contributed by atoms with Gasteiger partial charge in [-0.1, -0.05) is 46.6 Å². The molecule has 9 heteroatoms. The highest BCUT2D eigenvalue weighted by Crippen LogP contribution is 2.52. The SMILES string of the molecule is Cc1cc(N2C[C@]34C=C[C@@H](O3)C(C(=O)NCc3ccc(Cl)cc3Cl)C4C2=O)no1. The number of fused-ring (bicyclic) bond motifs is 1. The second-order valence-electron chi connectivity index (χ2n) is 7.57. The van der Waals surface area contributed by atoms with Gasteiger partial charge in [0.05, 0.1) is 24.5 Å². The van der Waals surface area contributed by atoms with E-state index in [1.165, 1.54) is 4.90 Å². The van der Waals surface area contributed by atoms with E-state index in [2.05, 4.69) is 10.5 Å². The van der Waals surface area contributed by atoms with E-state index in [-0.39, 0.29) is 18.4 Å². The summed E-state index contributed by atoms with van der Waals surface area (Å²) < 4.78 is 11.2. The lowest BCUT2D eigenvalue weighted by molar-refractivity contribution is -0.132. The Morgan fingerprint density at radius 2 is 2.21 bits per heavy atom. The van der Waals surface area contributed by atoms with Crippen molar-refractivity contribution in [1.29, 1.82) is 0 Å². The third kappa shape index (κ3) is 2.87. The number of benzene rings is 1. The number of hydrogen-bond acceptors (Lipinski definition) is 5. The summed E-state index contributed by atoms with van der Waals surface area (Å²) in [5.41, 5.74) is -0.0645. The van der Waals surface area contributed by atoms with Crippen molar-refractivity contribution >= 4 is 40.8 Å². The van der Waals surface area contributed by atoms with Crippen molar-refractivity contribution in [2.75, 3.05) is 11.4 Å². The van der Waals surface area contributed by atoms with Gasteiger partial charge in [0.1, 0.15) is 11.4 Å². The number of anilines is 1. The number of nitrogens with one attached hydrogen (secondary N) is 1. The second-order valence-corrected chi connectivity index (χ2v) is 8.42. The topological polar surface area (TPSA) is 84.7 Å². The minimum Gasteiger partial charge on any atom is -0.360 e. The van der Waals surface area contributed by atoms with Crippen LogP contribution in [0.15, 0.2) is 40.9 Å². The summed E-state index contributed by atoms with van der Waals surface area (Å²) in [6, 6.07) is 6.80. The van der Waals surface area contributed by atoms with Gasteiger partial charge >= 0.3 is 0 Å². The Bertz CT molecular complexity index is 1050. The van der Waals surface area contributed by atoms with Gasteiger partial charge in [-0.25, -0.2) is 0 Å². The third-order valence-electron chi connectivity index (χ3n) is 5.76. The average Bonchev–Trinajstić information content (AvgIpc) is 3.42. The van der Waals surface area contributed by atoms with Crippen LogP contribution in [0, 0.1) is 18.8 Å². The van der Waals surface area contributed by atoms with Gasteiger partial charge in [-0.2, -0.15) is 0 Å². The molecule has 0 saturated carbocycles. The van der Waals surface area contributed by atoms with Crippen molar-refractivity contribution < 1.29 is 18.8 Å². The van der Waals surface area contributed by atoms with Crippen LogP contribution in [-0.2, 0) is 20.9 Å². The molecule has 2 bridgehead atoms. The van der Waals surface area contributed by atoms with E-state index >= 15 is 0 Å². The fourth-order valence-electron chi connectivity index (χ4n) is 4.44. The van der Waals surface area contributed by atoms with Crippen LogP contribution in [0.4, 0.5) is 5.82 Å². The summed E-state index contributed by atoms with van der Waals surface area (Å²) in [4.78, 5) is 27.7. The molecule has 2 amide bonds. The lowest BCUT2D eigenvalue weighted by atomic mass is 9.77. The summed E-state index contributed by atoms with van der Waals surface area (Å²) in [5.74, 6) is -0.605. The number of carbonyl (C=O) groups is 2. The molecule has 2 fully saturated rings. The van der Waals surface area contributed by atoms with Gasteiger partial charge in [0, 0.05) is 22.7 Å². The molecular formula is C20H17Cl2N3O4. The van der Waals surface area contributed by atoms with Crippen LogP contribution in [0.2, 0.25) is 10.0 Å². The van der Waals surface area contributed by atoms with Crippen molar-refractivity contribution in [3.8, 4) is 0 Å². The highest BCUT2D eigenvalue weighted by molar-refractivity contribution is 6.35. The van der Waals surface area contributed by atoms with E-state index in [1.54, 1.807) is 31.2 Å². The smallest absolute Gasteiger partial charge is 0.235 e. The molecule has 2 unspecified atom stereocenters. The van der Waals surface area contributed by atoms with Crippen LogP contribution < -0.4 is 10.2 Å². The van der Waals surface area contributed by atoms with Crippen LogP contribution in [-0.4, -0.2) is 35.2 Å². The normalized spacial score (nSPS) is 29.6. The lowest BCUT2D eigenvalue weighted by Gasteiger charge is -2.23. The molecule has 1 aromatic carbocycles. The molecule has 1 N–H and O–H groups in total. The number of rotatable bonds is 4. The Morgan fingerprint density at radius 1 is 1.38 bits per heavy atom. The van der Waals surface area contributed by atoms with E-state index in [0.29, 0.717) is 28.2 Å². The molecule has 2 aromatic rings. The van der Waals surface area contributed by atoms with Crippen LogP contribution in [0.5, 0.6) is 0 Å². The van der Waals surface area contributed by atoms with Crippen LogP contribution in [0.3, 0.4) is 0 Å². The molecule has 1 spiro atoms. The summed E-state index contributed by atoms with van der Waals surface area (Å²) in [6.07, 6.45) is 3.33. The number of carbonyl (C=O) groups excluding carboxylic acids is 2. The van der Waals surface area contributed by atoms with Crippen molar-refractivity contribution in [3.63, 3.8) is 0 Å². The molecule has 29 heavy (non-hydrogen) atoms. The monoisotopic (exact) mass is 433 g/mol. The Morgan fingerprint density at radius 3 is 2.93 bits per heavy atom. The number of halogens is 2. The molecule has 0 radical (unpaired) electrons. The Kier molecular flexibility index (Phi) is 4.24. The molecule has 3 aliphatic rings. The minimum absolute atomic E-state index is 0.185. The zero-order chi connectivity index (χ0) is 20.3. The van der Waals surface area contributed by atoms with Crippen molar-refractivity contribution in [3.05, 3.63) is 57.8 Å². The Hall–Kier alpha value is -2.35. The first-order valence-corrected chi connectivity index (χ1v) is 9.97. The van der Waals surface area contributed by atoms with Gasteiger partial charge < -0.3 is 14.6 Å². The molecule has 3 aliphatic heterocycles. The first kappa shape index (κ1) is 18.7. The van der Waals surface area contributed by atoms with Crippen molar-refractivity contribution in [1.82, 2.24) is 10.5 Å². The zero-order valence-electron chi connectivity index (χ0n) is 15.4. The maximum Gasteiger partial charge on any atom is 0.235 e. The average molecular weight is 434 g/mol. The van der Waals surface area contributed by atoms with Gasteiger partial charge in [-0.3, -0.25) is 14.5 Å². The predicted molar refractivity (Wildman–Crippen MR) is 106 cm³/mol. The van der Waals surface area contributed by atoms with Gasteiger partial charge in [-0.15, -0.1) is 0 Å². The zero-order valence-corrected chi connectivity index (χ0v) is 16.9. The number of aryl methyl sites for hydroxylation is 1. The highest BCUT2D eigenvalue weighted by Gasteiger charge is 2.67. The Labute approximate surface area is 176 Å². The first-order chi connectivity index (χ1) is 13.9. The summed E-state index contributed by atoms with van der Waals surface area (Å²) in [7, 11) is 0. The van der Waals surface area contributed by atoms with Gasteiger partial charge in [0.25, 0.3) is 0 Å². The fourth-order valence-corrected chi connectivity index (χ4v) is 4.91. The number of amides is 2. The molecule has 2 saturated heterocycles. The number of aromatic nitrogens is 1. The standard InChI is InChI=1S/C20H17Cl2N3O4/c1-10-6-15(24-29-10)25-9-20-5-4-14(28-20)16(17(20)19(25)27)18(26)23-8-11-2-3-12(21)7-13(11)22/h2-7,14,16-17H,8-9H2,1H3,(H,23,26)/t14-,16?,17?,20+/m1/s1. The van der Waals surface area contributed by atoms with Crippen molar-refractivity contribution in [2.45, 2.75) is 25.2 Å². The molecular weight excluding hydrogens is 417 g/mol. The van der Waals surface area contributed by atoms with E-state index in [0.717, 1.165) is 5.56 Å². The summed E-state index contributed by atoms with van der Waals surface area (Å²) in [5, 5.41) is 7.83. The summed E-state index contributed by atoms with van der Waals surface area (Å²) in [6.45, 7) is 2.31. The largest absolute Gasteiger partial charge is 0.360 e. The van der Waals surface area contributed by atoms with E-state index in [9.17, 15) is 9.59 Å². The molecule has 5 rings (SSSR count). The third-order valence-corrected chi connectivity index (χ3v) is 6.35. The molecule has 4 atom stereocenters. The lowest BCUT2D eigenvalue weighted by Crippen LogP contribution is -2.44. The first-order valence-electron chi connectivity index (χ1n) is 9.21. The number of nitrogens with zero attached hydrogens (tertiary/aromatic N) is 2. The van der Waals surface area contributed by atoms with E-state index in [1.807, 2.05) is 12.2 Å². The quantitative estimate of drug-likeness (QED) is 0.749. The van der Waals surface area contributed by atoms with E-state index in [4.69, 9.17) is 32.5 Å². The van der Waals surface area contributed by atoms with Crippen molar-refractivity contribution in [2.24, 2.45) is 11.8 Å². The molecule has 150 valence electrons. The summed E-state index contributed by atoms with van der Waals surface area (Å²) >= 11 is 12.1. The van der Waals surface area contributed by atoms with Crippen LogP contribution in [0.25, 0.3) is 0 Å². The molecule has 7 nitrogen and oxygen atoms in total. The number of ether oxygens (including phenoxy) is 1. The minimum atomic E-state index is -0.811. The molecule has 0 aliphatic carbocycles. The fraction of sp³-hybridized carbons (Fsp3) is 0.350. The molecule has 1 aromatic heterocycles. The maximum absolute atomic E-state index is 13.2. The Balaban J connectivity index is 1.36. The van der Waals surface area contributed by atoms with E-state index < -0.39 is 23.5 Å². The van der Waals surface area contributed by atoms with Gasteiger partial charge in [0.15, 0.2) is 5.82 Å².